The quantitative estimate of drug-likeness (QED) is 0.167. The Morgan fingerprint density at radius 1 is 0.233 bits per heavy atom. The van der Waals surface area contributed by atoms with E-state index in [4.69, 9.17) is 15.0 Å². The van der Waals surface area contributed by atoms with Crippen LogP contribution >= 0.6 is 0 Å². The number of benzene rings is 13. The lowest BCUT2D eigenvalue weighted by Gasteiger charge is -2.22. The summed E-state index contributed by atoms with van der Waals surface area (Å²) in [6.45, 7) is 0. The summed E-state index contributed by atoms with van der Waals surface area (Å²) in [5, 5.41) is 16.1. The van der Waals surface area contributed by atoms with Gasteiger partial charge < -0.3 is 4.57 Å². The van der Waals surface area contributed by atoms with E-state index >= 15 is 0 Å². The molecule has 2 aromatic heterocycles. The molecular formula is C69H42N4. The number of hydrogen-bond acceptors (Lipinski definition) is 3. The molecule has 15 rings (SSSR count). The molecule has 0 unspecified atom stereocenters. The Hall–Kier alpha value is -9.77. The smallest absolute Gasteiger partial charge is 0.164 e. The maximum atomic E-state index is 5.62. The van der Waals surface area contributed by atoms with Crippen molar-refractivity contribution >= 4 is 86.4 Å². The maximum absolute atomic E-state index is 5.62. The molecule has 0 saturated carbocycles. The van der Waals surface area contributed by atoms with Crippen molar-refractivity contribution in [2.24, 2.45) is 0 Å². The largest absolute Gasteiger partial charge is 0.307 e. The summed E-state index contributed by atoms with van der Waals surface area (Å²) in [5.41, 5.74) is 10.7. The van der Waals surface area contributed by atoms with Crippen molar-refractivity contribution in [3.8, 4) is 62.1 Å². The monoisotopic (exact) mass is 926 g/mol. The summed E-state index contributed by atoms with van der Waals surface area (Å²) in [4.78, 5) is 16.7. The maximum Gasteiger partial charge on any atom is 0.164 e. The van der Waals surface area contributed by atoms with Crippen LogP contribution in [0.4, 0.5) is 0 Å². The standard InChI is InChI=1S/C69H42N4/c1-2-17-43(18-3-1)50-36-38-56-60(39-50)63(69-71-67(58-33-15-26-45-20-7-11-29-52(45)58)70-68(72-69)59-34-16-27-46-21-8-12-30-53(46)59)42-62(55-32-14-25-44-19-6-10-28-51(44)55)66(56)73-64-41-49-24-5-4-23-48(49)40-61(64)57-37-35-47-22-9-13-31-54(47)65(57)73/h1-42H. The van der Waals surface area contributed by atoms with E-state index < -0.39 is 0 Å². The summed E-state index contributed by atoms with van der Waals surface area (Å²) >= 11 is 0. The number of aromatic nitrogens is 4. The predicted molar refractivity (Wildman–Crippen MR) is 306 cm³/mol. The molecule has 2 heterocycles. The van der Waals surface area contributed by atoms with Gasteiger partial charge in [-0.15, -0.1) is 0 Å². The fraction of sp³-hybridized carbons (Fsp3) is 0. The van der Waals surface area contributed by atoms with Gasteiger partial charge in [-0.1, -0.05) is 231 Å². The molecule has 4 nitrogen and oxygen atoms in total. The van der Waals surface area contributed by atoms with E-state index in [1.165, 1.54) is 43.2 Å². The van der Waals surface area contributed by atoms with Gasteiger partial charge in [0.25, 0.3) is 0 Å². The molecule has 0 aliphatic rings. The minimum atomic E-state index is 0.600. The summed E-state index contributed by atoms with van der Waals surface area (Å²) in [6.07, 6.45) is 0. The predicted octanol–water partition coefficient (Wildman–Crippen LogP) is 18.2. The number of fused-ring (bicyclic) bond motifs is 10. The Morgan fingerprint density at radius 3 is 1.32 bits per heavy atom. The van der Waals surface area contributed by atoms with E-state index in [9.17, 15) is 0 Å². The van der Waals surface area contributed by atoms with Crippen molar-refractivity contribution in [3.63, 3.8) is 0 Å². The van der Waals surface area contributed by atoms with Gasteiger partial charge >= 0.3 is 0 Å². The minimum absolute atomic E-state index is 0.600. The fourth-order valence-corrected chi connectivity index (χ4v) is 11.6. The Kier molecular flexibility index (Phi) is 9.23. The first-order valence-electron chi connectivity index (χ1n) is 24.9. The second-order valence-corrected chi connectivity index (χ2v) is 19.1. The lowest BCUT2D eigenvalue weighted by molar-refractivity contribution is 1.08. The van der Waals surface area contributed by atoms with Crippen molar-refractivity contribution in [1.82, 2.24) is 19.5 Å². The van der Waals surface area contributed by atoms with E-state index in [0.717, 1.165) is 87.9 Å². The molecule has 0 saturated heterocycles. The fourth-order valence-electron chi connectivity index (χ4n) is 11.6. The van der Waals surface area contributed by atoms with E-state index in [1.54, 1.807) is 0 Å². The average Bonchev–Trinajstić information content (AvgIpc) is 3.81. The molecular weight excluding hydrogens is 885 g/mol. The molecule has 0 aliphatic carbocycles. The van der Waals surface area contributed by atoms with Gasteiger partial charge in [0.05, 0.1) is 16.7 Å². The summed E-state index contributed by atoms with van der Waals surface area (Å²) in [7, 11) is 0. The third kappa shape index (κ3) is 6.58. The van der Waals surface area contributed by atoms with E-state index in [1.807, 2.05) is 0 Å². The first-order chi connectivity index (χ1) is 36.2. The van der Waals surface area contributed by atoms with Gasteiger partial charge in [-0.3, -0.25) is 0 Å². The SMILES string of the molecule is c1ccc(-c2ccc3c(-n4c5cc6ccccc6cc5c5ccc6ccccc6c54)c(-c4cccc5ccccc45)cc(-c4nc(-c5cccc6ccccc56)nc(-c5cccc6ccccc56)n4)c3c2)cc1. The highest BCUT2D eigenvalue weighted by molar-refractivity contribution is 6.23. The Morgan fingerprint density at radius 2 is 0.699 bits per heavy atom. The molecule has 0 fully saturated rings. The second kappa shape index (κ2) is 16.4. The van der Waals surface area contributed by atoms with Crippen LogP contribution in [0.15, 0.2) is 255 Å². The molecule has 0 spiro atoms. The van der Waals surface area contributed by atoms with Gasteiger partial charge in [-0.25, -0.2) is 15.0 Å². The zero-order valence-corrected chi connectivity index (χ0v) is 39.5. The zero-order valence-electron chi connectivity index (χ0n) is 39.5. The molecule has 73 heavy (non-hydrogen) atoms. The molecule has 0 amide bonds. The molecule has 4 heteroatoms. The van der Waals surface area contributed by atoms with Crippen LogP contribution in [-0.4, -0.2) is 19.5 Å². The van der Waals surface area contributed by atoms with Crippen LogP contribution in [0.1, 0.15) is 0 Å². The van der Waals surface area contributed by atoms with Crippen LogP contribution in [0.3, 0.4) is 0 Å². The molecule has 0 N–H and O–H groups in total. The van der Waals surface area contributed by atoms with Crippen LogP contribution in [-0.2, 0) is 0 Å². The normalized spacial score (nSPS) is 11.8. The van der Waals surface area contributed by atoms with Gasteiger partial charge in [-0.2, -0.15) is 0 Å². The minimum Gasteiger partial charge on any atom is -0.307 e. The molecule has 0 atom stereocenters. The first kappa shape index (κ1) is 41.1. The number of rotatable bonds is 6. The Labute approximate surface area is 420 Å². The molecule has 0 aliphatic heterocycles. The van der Waals surface area contributed by atoms with Crippen LogP contribution in [0.2, 0.25) is 0 Å². The lowest BCUT2D eigenvalue weighted by Crippen LogP contribution is -2.04. The van der Waals surface area contributed by atoms with Crippen molar-refractivity contribution in [3.05, 3.63) is 255 Å². The lowest BCUT2D eigenvalue weighted by atomic mass is 9.89. The van der Waals surface area contributed by atoms with Crippen LogP contribution < -0.4 is 0 Å². The van der Waals surface area contributed by atoms with Crippen molar-refractivity contribution in [2.45, 2.75) is 0 Å². The highest BCUT2D eigenvalue weighted by Crippen LogP contribution is 2.48. The third-order valence-corrected chi connectivity index (χ3v) is 15.0. The highest BCUT2D eigenvalue weighted by atomic mass is 15.0. The molecule has 0 bridgehead atoms. The third-order valence-electron chi connectivity index (χ3n) is 15.0. The molecule has 15 aromatic rings. The van der Waals surface area contributed by atoms with Crippen molar-refractivity contribution < 1.29 is 0 Å². The van der Waals surface area contributed by atoms with Gasteiger partial charge in [0, 0.05) is 43.8 Å². The average molecular weight is 927 g/mol. The molecule has 13 aromatic carbocycles. The van der Waals surface area contributed by atoms with Crippen LogP contribution in [0, 0.1) is 0 Å². The topological polar surface area (TPSA) is 43.6 Å². The number of nitrogens with zero attached hydrogens (tertiary/aromatic N) is 4. The summed E-state index contributed by atoms with van der Waals surface area (Å²) in [6, 6.07) is 92.2. The van der Waals surface area contributed by atoms with Crippen molar-refractivity contribution in [1.29, 1.82) is 0 Å². The van der Waals surface area contributed by atoms with Gasteiger partial charge in [0.15, 0.2) is 17.5 Å². The van der Waals surface area contributed by atoms with E-state index in [2.05, 4.69) is 259 Å². The van der Waals surface area contributed by atoms with Crippen LogP contribution in [0.25, 0.3) is 149 Å². The van der Waals surface area contributed by atoms with Crippen LogP contribution in [0.5, 0.6) is 0 Å². The Bertz CT molecular complexity index is 4630. The number of hydrogen-bond donors (Lipinski definition) is 0. The highest BCUT2D eigenvalue weighted by Gasteiger charge is 2.26. The second-order valence-electron chi connectivity index (χ2n) is 19.1. The Balaban J connectivity index is 1.14. The summed E-state index contributed by atoms with van der Waals surface area (Å²) < 4.78 is 2.57. The molecule has 338 valence electrons. The van der Waals surface area contributed by atoms with E-state index in [-0.39, 0.29) is 0 Å². The van der Waals surface area contributed by atoms with Crippen molar-refractivity contribution in [2.75, 3.05) is 0 Å². The van der Waals surface area contributed by atoms with E-state index in [0.29, 0.717) is 17.5 Å². The zero-order chi connectivity index (χ0) is 48.0. The van der Waals surface area contributed by atoms with Gasteiger partial charge in [0.1, 0.15) is 0 Å². The first-order valence-corrected chi connectivity index (χ1v) is 24.9. The van der Waals surface area contributed by atoms with Gasteiger partial charge in [0.2, 0.25) is 0 Å². The molecule has 0 radical (unpaired) electrons. The van der Waals surface area contributed by atoms with Gasteiger partial charge in [-0.05, 0) is 94.8 Å². The summed E-state index contributed by atoms with van der Waals surface area (Å²) in [5.74, 6) is 1.84.